The Kier molecular flexibility index (Phi) is 6.06. The molecule has 0 saturated carbocycles. The Morgan fingerprint density at radius 1 is 1.14 bits per heavy atom. The number of benzene rings is 1. The van der Waals surface area contributed by atoms with E-state index in [4.69, 9.17) is 14.9 Å². The second kappa shape index (κ2) is 7.77. The molecule has 0 saturated heterocycles. The number of carbonyl (C=O) groups excluding carboxylic acids is 2. The Morgan fingerprint density at radius 2 is 1.73 bits per heavy atom. The number of hydrogen-bond donors (Lipinski definition) is 3. The van der Waals surface area contributed by atoms with E-state index in [0.29, 0.717) is 0 Å². The Labute approximate surface area is 125 Å². The van der Waals surface area contributed by atoms with Crippen molar-refractivity contribution in [3.63, 3.8) is 0 Å². The third-order valence-electron chi connectivity index (χ3n) is 2.63. The fourth-order valence-corrected chi connectivity index (χ4v) is 1.61. The van der Waals surface area contributed by atoms with Gasteiger partial charge in [0.1, 0.15) is 11.8 Å². The summed E-state index contributed by atoms with van der Waals surface area (Å²) in [6.45, 7) is 1.24. The molecule has 8 heteroatoms. The summed E-state index contributed by atoms with van der Waals surface area (Å²) in [6, 6.07) is 4.22. The van der Waals surface area contributed by atoms with Crippen LogP contribution in [-0.2, 0) is 14.4 Å². The summed E-state index contributed by atoms with van der Waals surface area (Å²) >= 11 is 0. The molecule has 0 aromatic heterocycles. The Morgan fingerprint density at radius 3 is 2.18 bits per heavy atom. The minimum atomic E-state index is -1.31. The molecule has 0 bridgehead atoms. The SMILES string of the molecule is CC(=O)Oc1ccc(C(=O)N[C@H](CCC(=O)O)C(=O)O)cc1. The van der Waals surface area contributed by atoms with Crippen molar-refractivity contribution in [2.75, 3.05) is 0 Å². The van der Waals surface area contributed by atoms with E-state index in [1.807, 2.05) is 0 Å². The van der Waals surface area contributed by atoms with Crippen molar-refractivity contribution in [2.24, 2.45) is 0 Å². The quantitative estimate of drug-likeness (QED) is 0.498. The van der Waals surface area contributed by atoms with Crippen LogP contribution in [0.5, 0.6) is 5.75 Å². The van der Waals surface area contributed by atoms with Crippen molar-refractivity contribution in [3.8, 4) is 5.75 Å². The van der Waals surface area contributed by atoms with E-state index in [-0.39, 0.29) is 24.2 Å². The van der Waals surface area contributed by atoms with Gasteiger partial charge in [0.25, 0.3) is 5.91 Å². The van der Waals surface area contributed by atoms with Gasteiger partial charge in [0.15, 0.2) is 0 Å². The van der Waals surface area contributed by atoms with Gasteiger partial charge in [-0.15, -0.1) is 0 Å². The first-order chi connectivity index (χ1) is 10.3. The molecule has 1 aromatic carbocycles. The first-order valence-corrected chi connectivity index (χ1v) is 6.33. The van der Waals surface area contributed by atoms with E-state index in [1.165, 1.54) is 31.2 Å². The van der Waals surface area contributed by atoms with Gasteiger partial charge in [-0.2, -0.15) is 0 Å². The molecule has 8 nitrogen and oxygen atoms in total. The third-order valence-corrected chi connectivity index (χ3v) is 2.63. The van der Waals surface area contributed by atoms with Gasteiger partial charge in [0, 0.05) is 18.9 Å². The van der Waals surface area contributed by atoms with Crippen molar-refractivity contribution in [1.29, 1.82) is 0 Å². The lowest BCUT2D eigenvalue weighted by Crippen LogP contribution is -2.41. The lowest BCUT2D eigenvalue weighted by Gasteiger charge is -2.13. The largest absolute Gasteiger partial charge is 0.481 e. The fraction of sp³-hybridized carbons (Fsp3) is 0.286. The van der Waals surface area contributed by atoms with Crippen LogP contribution in [0.1, 0.15) is 30.1 Å². The maximum Gasteiger partial charge on any atom is 0.326 e. The number of carbonyl (C=O) groups is 4. The van der Waals surface area contributed by atoms with Gasteiger partial charge in [-0.25, -0.2) is 4.79 Å². The number of carboxylic acid groups (broad SMARTS) is 2. The highest BCUT2D eigenvalue weighted by Crippen LogP contribution is 2.12. The molecule has 0 fully saturated rings. The van der Waals surface area contributed by atoms with E-state index in [2.05, 4.69) is 5.32 Å². The molecule has 0 spiro atoms. The molecule has 0 aliphatic rings. The summed E-state index contributed by atoms with van der Waals surface area (Å²) in [4.78, 5) is 44.1. The summed E-state index contributed by atoms with van der Waals surface area (Å²) < 4.78 is 4.80. The number of nitrogens with one attached hydrogen (secondary N) is 1. The highest BCUT2D eigenvalue weighted by molar-refractivity contribution is 5.96. The topological polar surface area (TPSA) is 130 Å². The monoisotopic (exact) mass is 309 g/mol. The molecular formula is C14H15NO7. The number of aliphatic carboxylic acids is 2. The van der Waals surface area contributed by atoms with Crippen LogP contribution in [0.3, 0.4) is 0 Å². The average Bonchev–Trinajstić information content (AvgIpc) is 2.42. The van der Waals surface area contributed by atoms with Crippen molar-refractivity contribution in [2.45, 2.75) is 25.8 Å². The van der Waals surface area contributed by atoms with Crippen LogP contribution < -0.4 is 10.1 Å². The molecular weight excluding hydrogens is 294 g/mol. The second-order valence-electron chi connectivity index (χ2n) is 4.41. The maximum absolute atomic E-state index is 11.9. The van der Waals surface area contributed by atoms with Crippen molar-refractivity contribution in [1.82, 2.24) is 5.32 Å². The second-order valence-corrected chi connectivity index (χ2v) is 4.41. The van der Waals surface area contributed by atoms with Crippen LogP contribution in [0.25, 0.3) is 0 Å². The summed E-state index contributed by atoms with van der Waals surface area (Å²) in [5.41, 5.74) is 0.164. The fourth-order valence-electron chi connectivity index (χ4n) is 1.61. The molecule has 0 radical (unpaired) electrons. The van der Waals surface area contributed by atoms with Crippen LogP contribution in [0.2, 0.25) is 0 Å². The van der Waals surface area contributed by atoms with E-state index >= 15 is 0 Å². The van der Waals surface area contributed by atoms with Crippen LogP contribution in [0.4, 0.5) is 0 Å². The summed E-state index contributed by atoms with van der Waals surface area (Å²) in [5, 5.41) is 19.7. The predicted octanol–water partition coefficient (Wildman–Crippen LogP) is 0.660. The lowest BCUT2D eigenvalue weighted by molar-refractivity contribution is -0.140. The zero-order valence-electron chi connectivity index (χ0n) is 11.7. The molecule has 1 rings (SSSR count). The lowest BCUT2D eigenvalue weighted by atomic mass is 10.1. The molecule has 1 atom stereocenters. The minimum Gasteiger partial charge on any atom is -0.481 e. The van der Waals surface area contributed by atoms with Crippen LogP contribution in [-0.4, -0.2) is 40.1 Å². The molecule has 22 heavy (non-hydrogen) atoms. The number of ether oxygens (including phenoxy) is 1. The smallest absolute Gasteiger partial charge is 0.326 e. The van der Waals surface area contributed by atoms with E-state index in [1.54, 1.807) is 0 Å². The average molecular weight is 309 g/mol. The van der Waals surface area contributed by atoms with Gasteiger partial charge < -0.3 is 20.3 Å². The van der Waals surface area contributed by atoms with Crippen LogP contribution >= 0.6 is 0 Å². The molecule has 3 N–H and O–H groups in total. The number of esters is 1. The van der Waals surface area contributed by atoms with Gasteiger partial charge >= 0.3 is 17.9 Å². The van der Waals surface area contributed by atoms with Gasteiger partial charge in [0.05, 0.1) is 0 Å². The number of amides is 1. The summed E-state index contributed by atoms with van der Waals surface area (Å²) in [7, 11) is 0. The molecule has 0 unspecified atom stereocenters. The summed E-state index contributed by atoms with van der Waals surface area (Å²) in [6.07, 6.45) is -0.593. The first-order valence-electron chi connectivity index (χ1n) is 6.33. The molecule has 118 valence electrons. The van der Waals surface area contributed by atoms with Gasteiger partial charge in [0.2, 0.25) is 0 Å². The summed E-state index contributed by atoms with van der Waals surface area (Å²) in [5.74, 6) is -3.37. The predicted molar refractivity (Wildman–Crippen MR) is 73.5 cm³/mol. The van der Waals surface area contributed by atoms with Gasteiger partial charge in [-0.3, -0.25) is 14.4 Å². The standard InChI is InChI=1S/C14H15NO7/c1-8(16)22-10-4-2-9(3-5-10)13(19)15-11(14(20)21)6-7-12(17)18/h2-5,11H,6-7H2,1H3,(H,15,19)(H,17,18)(H,20,21)/t11-/m1/s1. The molecule has 1 aromatic rings. The molecule has 1 amide bonds. The number of hydrogen-bond acceptors (Lipinski definition) is 5. The zero-order valence-corrected chi connectivity index (χ0v) is 11.7. The Hall–Kier alpha value is -2.90. The highest BCUT2D eigenvalue weighted by atomic mass is 16.5. The third kappa shape index (κ3) is 5.61. The molecule has 0 aliphatic heterocycles. The number of carboxylic acids is 2. The normalized spacial score (nSPS) is 11.3. The van der Waals surface area contributed by atoms with Crippen molar-refractivity contribution < 1.29 is 34.1 Å². The number of rotatable bonds is 7. The van der Waals surface area contributed by atoms with Crippen molar-refractivity contribution >= 4 is 23.8 Å². The van der Waals surface area contributed by atoms with Crippen LogP contribution in [0, 0.1) is 0 Å². The Balaban J connectivity index is 2.71. The van der Waals surface area contributed by atoms with Crippen molar-refractivity contribution in [3.05, 3.63) is 29.8 Å². The Bertz CT molecular complexity index is 579. The van der Waals surface area contributed by atoms with E-state index in [0.717, 1.165) is 0 Å². The molecule has 0 aliphatic carbocycles. The van der Waals surface area contributed by atoms with Gasteiger partial charge in [-0.1, -0.05) is 0 Å². The highest BCUT2D eigenvalue weighted by Gasteiger charge is 2.21. The zero-order chi connectivity index (χ0) is 16.7. The maximum atomic E-state index is 11.9. The minimum absolute atomic E-state index is 0.164. The van der Waals surface area contributed by atoms with Gasteiger partial charge in [-0.05, 0) is 30.7 Å². The van der Waals surface area contributed by atoms with E-state index < -0.39 is 29.9 Å². The molecule has 0 heterocycles. The van der Waals surface area contributed by atoms with E-state index in [9.17, 15) is 19.2 Å². The first kappa shape index (κ1) is 17.2. The van der Waals surface area contributed by atoms with Crippen LogP contribution in [0.15, 0.2) is 24.3 Å².